The van der Waals surface area contributed by atoms with Crippen LogP contribution in [0.2, 0.25) is 5.02 Å². The number of hydrogen-bond acceptors (Lipinski definition) is 12. The first-order valence-corrected chi connectivity index (χ1v) is 19.5. The van der Waals surface area contributed by atoms with Gasteiger partial charge in [-0.05, 0) is 63.1 Å². The molecule has 3 aliphatic heterocycles. The summed E-state index contributed by atoms with van der Waals surface area (Å²) in [5, 5.41) is 12.9. The van der Waals surface area contributed by atoms with Gasteiger partial charge in [0.05, 0.1) is 49.1 Å². The Kier molecular flexibility index (Phi) is 12.3. The number of allylic oxidation sites excluding steroid dienone is 3. The average molecular weight is 819 g/mol. The minimum absolute atomic E-state index is 0.0409. The number of aromatic nitrogens is 1. The molecule has 2 fully saturated rings. The third kappa shape index (κ3) is 8.56. The van der Waals surface area contributed by atoms with E-state index >= 15 is 0 Å². The topological polar surface area (TPSA) is 183 Å². The monoisotopic (exact) mass is 818 g/mol. The number of pyridine rings is 1. The summed E-state index contributed by atoms with van der Waals surface area (Å²) in [7, 11) is 6.02. The number of epoxide rings is 1. The molecule has 0 aliphatic carbocycles. The van der Waals surface area contributed by atoms with Crippen molar-refractivity contribution in [3.05, 3.63) is 82.5 Å². The zero-order valence-electron chi connectivity index (χ0n) is 34.0. The van der Waals surface area contributed by atoms with E-state index in [4.69, 9.17) is 41.0 Å². The Morgan fingerprint density at radius 2 is 1.91 bits per heavy atom. The molecule has 15 heteroatoms. The van der Waals surface area contributed by atoms with Gasteiger partial charge in [-0.2, -0.15) is 0 Å². The van der Waals surface area contributed by atoms with Gasteiger partial charge in [0, 0.05) is 44.5 Å². The van der Waals surface area contributed by atoms with Crippen molar-refractivity contribution in [2.75, 3.05) is 38.9 Å². The zero-order chi connectivity index (χ0) is 42.3. The van der Waals surface area contributed by atoms with Crippen LogP contribution >= 0.6 is 11.6 Å². The number of halogens is 1. The number of aliphatic hydroxyl groups is 1. The van der Waals surface area contributed by atoms with Crippen molar-refractivity contribution in [3.8, 4) is 5.75 Å². The number of esters is 2. The Labute approximate surface area is 342 Å². The molecule has 6 rings (SSSR count). The Morgan fingerprint density at radius 1 is 1.17 bits per heavy atom. The van der Waals surface area contributed by atoms with Crippen molar-refractivity contribution in [1.82, 2.24) is 9.88 Å². The van der Waals surface area contributed by atoms with E-state index in [-0.39, 0.29) is 24.3 Å². The molecule has 3 N–H and O–H groups in total. The Hall–Kier alpha value is -5.02. The lowest BCUT2D eigenvalue weighted by atomic mass is 9.78. The summed E-state index contributed by atoms with van der Waals surface area (Å²) < 4.78 is 29.6. The molecule has 4 bridgehead atoms. The maximum Gasteiger partial charge on any atom is 0.328 e. The number of carbonyl (C=O) groups excluding carboxylic acids is 4. The van der Waals surface area contributed by atoms with E-state index in [1.54, 1.807) is 62.5 Å². The average Bonchev–Trinajstić information content (AvgIpc) is 3.89. The van der Waals surface area contributed by atoms with Crippen LogP contribution in [0.3, 0.4) is 0 Å². The summed E-state index contributed by atoms with van der Waals surface area (Å²) in [5.41, 5.74) is 6.50. The predicted molar refractivity (Wildman–Crippen MR) is 218 cm³/mol. The summed E-state index contributed by atoms with van der Waals surface area (Å²) in [6.45, 7) is 7.00. The molecule has 0 spiro atoms. The highest BCUT2D eigenvalue weighted by Crippen LogP contribution is 2.50. The Morgan fingerprint density at radius 3 is 2.62 bits per heavy atom. The zero-order valence-corrected chi connectivity index (χ0v) is 34.7. The summed E-state index contributed by atoms with van der Waals surface area (Å²) in [4.78, 5) is 62.0. The maximum atomic E-state index is 14.3. The maximum absolute atomic E-state index is 14.3. The molecule has 2 saturated heterocycles. The fourth-order valence-corrected chi connectivity index (χ4v) is 8.22. The van der Waals surface area contributed by atoms with E-state index in [2.05, 4.69) is 4.98 Å². The van der Waals surface area contributed by atoms with Crippen LogP contribution in [0, 0.1) is 5.92 Å². The first-order valence-electron chi connectivity index (χ1n) is 19.1. The van der Waals surface area contributed by atoms with E-state index in [1.165, 1.54) is 44.2 Å². The van der Waals surface area contributed by atoms with Crippen molar-refractivity contribution in [3.63, 3.8) is 0 Å². The van der Waals surface area contributed by atoms with Crippen LogP contribution in [-0.2, 0) is 39.8 Å². The number of amides is 2. The number of rotatable bonds is 6. The molecule has 8 atom stereocenters. The lowest BCUT2D eigenvalue weighted by molar-refractivity contribution is -0.187. The van der Waals surface area contributed by atoms with Crippen LogP contribution in [0.25, 0.3) is 10.9 Å². The molecule has 0 unspecified atom stereocenters. The minimum atomic E-state index is -1.60. The fraction of sp³-hybridized carbons (Fsp3) is 0.465. The largest absolute Gasteiger partial charge is 0.495 e. The predicted octanol–water partition coefficient (Wildman–Crippen LogP) is 5.21. The summed E-state index contributed by atoms with van der Waals surface area (Å²) in [6, 6.07) is 9.23. The number of fused-ring (bicyclic) bond motifs is 6. The third-order valence-corrected chi connectivity index (χ3v) is 12.0. The number of hydrogen-bond donors (Lipinski definition) is 2. The van der Waals surface area contributed by atoms with E-state index in [0.29, 0.717) is 34.6 Å². The number of anilines is 2. The van der Waals surface area contributed by atoms with Crippen LogP contribution in [0.5, 0.6) is 5.75 Å². The van der Waals surface area contributed by atoms with Gasteiger partial charge in [-0.1, -0.05) is 48.4 Å². The van der Waals surface area contributed by atoms with Gasteiger partial charge in [0.25, 0.3) is 5.91 Å². The lowest BCUT2D eigenvalue weighted by Crippen LogP contribution is -2.53. The van der Waals surface area contributed by atoms with Gasteiger partial charge in [0.15, 0.2) is 0 Å². The van der Waals surface area contributed by atoms with E-state index in [9.17, 15) is 24.3 Å². The van der Waals surface area contributed by atoms with Gasteiger partial charge in [-0.3, -0.25) is 19.4 Å². The lowest BCUT2D eigenvalue weighted by Gasteiger charge is -2.41. The molecule has 0 saturated carbocycles. The van der Waals surface area contributed by atoms with Gasteiger partial charge in [-0.25, -0.2) is 4.79 Å². The highest BCUT2D eigenvalue weighted by Gasteiger charge is 2.64. The quantitative estimate of drug-likeness (QED) is 0.245. The van der Waals surface area contributed by atoms with Crippen molar-refractivity contribution in [2.24, 2.45) is 5.92 Å². The fourth-order valence-electron chi connectivity index (χ4n) is 7.91. The summed E-state index contributed by atoms with van der Waals surface area (Å²) >= 11 is 6.80. The minimum Gasteiger partial charge on any atom is -0.495 e. The van der Waals surface area contributed by atoms with Gasteiger partial charge >= 0.3 is 11.9 Å². The molecular formula is C43H51ClN4O10. The smallest absolute Gasteiger partial charge is 0.328 e. The molecule has 3 aliphatic rings. The number of methoxy groups -OCH3 is 2. The van der Waals surface area contributed by atoms with E-state index < -0.39 is 71.3 Å². The van der Waals surface area contributed by atoms with Crippen LogP contribution in [0.4, 0.5) is 11.4 Å². The molecular weight excluding hydrogens is 768 g/mol. The molecule has 3 aromatic rings. The number of ether oxygens (including phenoxy) is 5. The highest BCUT2D eigenvalue weighted by atomic mass is 35.5. The first-order chi connectivity index (χ1) is 27.4. The number of likely N-dealkylation sites (N-methyl/N-ethyl adjacent to an activating group) is 1. The van der Waals surface area contributed by atoms with Crippen molar-refractivity contribution in [1.29, 1.82) is 0 Å². The number of nitrogens with zero attached hydrogens (tertiary/aromatic N) is 3. The second-order valence-corrected chi connectivity index (χ2v) is 16.2. The van der Waals surface area contributed by atoms with Gasteiger partial charge in [0.2, 0.25) is 5.91 Å². The van der Waals surface area contributed by atoms with Crippen molar-refractivity contribution in [2.45, 2.75) is 95.0 Å². The molecule has 4 heterocycles. The van der Waals surface area contributed by atoms with Crippen LogP contribution in [0.15, 0.2) is 66.4 Å². The van der Waals surface area contributed by atoms with E-state index in [1.807, 2.05) is 19.9 Å². The standard InChI is InChI=1S/C43H51ClN4O10/c1-23-10-9-11-34(55-8)43(53)20-33(56-37(50)21-43)24(2)39-42(4,58-39)35(19-36(49)48(6)31-15-26(14-23)16-32(54-7)38(31)44)57-41(52)25(3)47(5)40(51)28-13-12-27-17-29(45)22-46-30(27)18-28/h9-13,15-18,22,24-25,33-35,39,53H,14,19-21,45H2,1-8H3/b11-9+,23-10+/t24-,25+,33+,34-,35+,39+,42+,43-/m1/s1. The number of nitrogen functional groups attached to an aromatic ring is 1. The van der Waals surface area contributed by atoms with Crippen LogP contribution < -0.4 is 15.4 Å². The molecule has 58 heavy (non-hydrogen) atoms. The normalized spacial score (nSPS) is 29.7. The Balaban J connectivity index is 1.34. The molecule has 0 radical (unpaired) electrons. The van der Waals surface area contributed by atoms with Crippen LogP contribution in [0.1, 0.15) is 62.9 Å². The highest BCUT2D eigenvalue weighted by molar-refractivity contribution is 6.35. The SMILES string of the molecule is COc1cc2cc(c1Cl)N(C)C(=O)C[C@H](OC(=O)[C@H](C)N(C)C(=O)c1ccc3cc(N)cnc3c1)[C@]1(C)O[C@H]1[C@H](C)[C@@H]1C[C@@](O)(CC(=O)O1)[C@H](OC)/C=C/C=C(\C)C2. The first kappa shape index (κ1) is 42.6. The number of nitrogens with two attached hydrogens (primary N) is 1. The second-order valence-electron chi connectivity index (χ2n) is 15.8. The van der Waals surface area contributed by atoms with Crippen molar-refractivity contribution < 1.29 is 48.0 Å². The molecule has 14 nitrogen and oxygen atoms in total. The van der Waals surface area contributed by atoms with Crippen molar-refractivity contribution >= 4 is 57.6 Å². The number of carbonyl (C=O) groups is 4. The molecule has 310 valence electrons. The van der Waals surface area contributed by atoms with Crippen LogP contribution in [-0.4, -0.2) is 109 Å². The molecule has 2 amide bonds. The van der Waals surface area contributed by atoms with E-state index in [0.717, 1.165) is 16.5 Å². The second kappa shape index (κ2) is 16.7. The summed E-state index contributed by atoms with van der Waals surface area (Å²) in [6.07, 6.45) is 3.25. The summed E-state index contributed by atoms with van der Waals surface area (Å²) in [5.74, 6) is -2.43. The Bertz CT molecular complexity index is 2180. The van der Waals surface area contributed by atoms with Gasteiger partial charge in [0.1, 0.15) is 46.3 Å². The van der Waals surface area contributed by atoms with Gasteiger partial charge < -0.3 is 44.3 Å². The third-order valence-electron chi connectivity index (χ3n) is 11.7. The number of benzene rings is 2. The van der Waals surface area contributed by atoms with Gasteiger partial charge in [-0.15, -0.1) is 0 Å². The molecule has 2 aromatic carbocycles. The molecule has 1 aromatic heterocycles.